The minimum Gasteiger partial charge on any atom is -1.00 e. The number of anilines is 1. The van der Waals surface area contributed by atoms with E-state index in [1.807, 2.05) is 56.3 Å². The minimum absolute atomic E-state index is 0. The molecule has 0 aliphatic heterocycles. The number of nitrogens with one attached hydrogen (secondary N) is 1. The van der Waals surface area contributed by atoms with E-state index in [9.17, 15) is 0 Å². The summed E-state index contributed by atoms with van der Waals surface area (Å²) in [5.41, 5.74) is 10.6. The van der Waals surface area contributed by atoms with Gasteiger partial charge in [0.1, 0.15) is 5.69 Å². The molecule has 0 aliphatic rings. The fraction of sp³-hybridized carbons (Fsp3) is 0.143. The van der Waals surface area contributed by atoms with E-state index in [-0.39, 0.29) is 12.4 Å². The van der Waals surface area contributed by atoms with Crippen molar-refractivity contribution in [1.82, 2.24) is 0 Å². The predicted octanol–water partition coefficient (Wildman–Crippen LogP) is -0.614. The number of nitrogens with zero attached hydrogens (tertiary/aromatic N) is 1. The van der Waals surface area contributed by atoms with Gasteiger partial charge in [-0.1, -0.05) is 17.2 Å². The Balaban J connectivity index is 0.00000162. The largest absolute Gasteiger partial charge is 1.00 e. The van der Waals surface area contributed by atoms with Gasteiger partial charge in [-0.25, -0.2) is 0 Å². The number of nitrogen functional groups attached to an aromatic ring is 1. The zero-order valence-electron chi connectivity index (χ0n) is 10.4. The zero-order valence-corrected chi connectivity index (χ0v) is 11.2. The maximum absolute atomic E-state index is 5.70. The van der Waals surface area contributed by atoms with Crippen LogP contribution in [0.2, 0.25) is 0 Å². The molecule has 0 spiro atoms. The molecule has 0 saturated heterocycles. The van der Waals surface area contributed by atoms with Crippen molar-refractivity contribution >= 4 is 17.1 Å². The number of hydrogen-bond donors (Lipinski definition) is 2. The van der Waals surface area contributed by atoms with Crippen molar-refractivity contribution in [3.05, 3.63) is 53.6 Å². The van der Waals surface area contributed by atoms with E-state index >= 15 is 0 Å². The first kappa shape index (κ1) is 14.2. The third-order valence-electron chi connectivity index (χ3n) is 2.56. The van der Waals surface area contributed by atoms with Crippen molar-refractivity contribution < 1.29 is 17.5 Å². The second-order valence-corrected chi connectivity index (χ2v) is 4.14. The number of nitrogens with two attached hydrogens (primary N) is 1. The van der Waals surface area contributed by atoms with E-state index in [2.05, 4.69) is 10.2 Å². The van der Waals surface area contributed by atoms with Crippen LogP contribution >= 0.6 is 0 Å². The molecule has 0 bridgehead atoms. The first-order valence-electron chi connectivity index (χ1n) is 5.55. The Hall–Kier alpha value is -1.87. The molecule has 0 atom stereocenters. The first-order valence-corrected chi connectivity index (χ1v) is 5.55. The number of hydrogen-bond acceptors (Lipinski definition) is 2. The maximum atomic E-state index is 5.70. The Kier molecular flexibility index (Phi) is 4.86. The fourth-order valence-corrected chi connectivity index (χ4v) is 1.63. The molecular weight excluding hydrogens is 246 g/mol. The molecule has 2 aromatic carbocycles. The van der Waals surface area contributed by atoms with Crippen LogP contribution in [0.25, 0.3) is 0 Å². The maximum Gasteiger partial charge on any atom is 0.232 e. The van der Waals surface area contributed by atoms with Gasteiger partial charge < -0.3 is 18.1 Å². The second kappa shape index (κ2) is 6.17. The molecule has 2 rings (SSSR count). The lowest BCUT2D eigenvalue weighted by Gasteiger charge is -1.95. The highest BCUT2D eigenvalue weighted by molar-refractivity contribution is 5.50. The highest BCUT2D eigenvalue weighted by atomic mass is 35.5. The fourth-order valence-electron chi connectivity index (χ4n) is 1.63. The number of halogens is 1. The highest BCUT2D eigenvalue weighted by Gasteiger charge is 2.02. The molecular formula is C14H16ClN3. The van der Waals surface area contributed by atoms with Gasteiger partial charge in [0.25, 0.3) is 0 Å². The smallest absolute Gasteiger partial charge is 0.232 e. The van der Waals surface area contributed by atoms with Crippen molar-refractivity contribution in [2.75, 3.05) is 5.73 Å². The number of benzene rings is 2. The quantitative estimate of drug-likeness (QED) is 0.550. The van der Waals surface area contributed by atoms with Gasteiger partial charge in [0, 0.05) is 17.3 Å². The van der Waals surface area contributed by atoms with Gasteiger partial charge in [-0.3, -0.25) is 0 Å². The molecule has 0 heterocycles. The van der Waals surface area contributed by atoms with E-state index in [0.717, 1.165) is 22.6 Å². The van der Waals surface area contributed by atoms with Gasteiger partial charge in [0.05, 0.1) is 0 Å². The Bertz CT molecular complexity index is 565. The molecule has 18 heavy (non-hydrogen) atoms. The Morgan fingerprint density at radius 2 is 1.83 bits per heavy atom. The molecule has 4 heteroatoms. The van der Waals surface area contributed by atoms with Gasteiger partial charge in [-0.2, -0.15) is 0 Å². The summed E-state index contributed by atoms with van der Waals surface area (Å²) in [4.78, 5) is 0. The van der Waals surface area contributed by atoms with E-state index < -0.39 is 0 Å². The number of azo groups is 1. The van der Waals surface area contributed by atoms with Crippen molar-refractivity contribution in [2.45, 2.75) is 13.8 Å². The van der Waals surface area contributed by atoms with E-state index in [0.29, 0.717) is 0 Å². The summed E-state index contributed by atoms with van der Waals surface area (Å²) < 4.78 is 0. The van der Waals surface area contributed by atoms with Gasteiger partial charge in [-0.05, 0) is 48.8 Å². The Morgan fingerprint density at radius 1 is 1.06 bits per heavy atom. The molecule has 0 aromatic heterocycles. The molecule has 2 aromatic rings. The Morgan fingerprint density at radius 3 is 2.50 bits per heavy atom. The summed E-state index contributed by atoms with van der Waals surface area (Å²) in [7, 11) is 0. The van der Waals surface area contributed by atoms with Crippen molar-refractivity contribution in [3.63, 3.8) is 0 Å². The molecule has 0 saturated carbocycles. The standard InChI is InChI=1S/C14H15N3.ClH/c1-10-4-3-5-13(8-10)16-17-14-7-6-12(15)9-11(14)2;/h3-9H,15H2,1-2H3;1H. The lowest BCUT2D eigenvalue weighted by molar-refractivity contribution is -0.433. The van der Waals surface area contributed by atoms with Gasteiger partial charge in [0.2, 0.25) is 5.69 Å². The van der Waals surface area contributed by atoms with E-state index in [4.69, 9.17) is 5.73 Å². The van der Waals surface area contributed by atoms with Crippen LogP contribution in [0.3, 0.4) is 0 Å². The second-order valence-electron chi connectivity index (χ2n) is 4.14. The molecule has 0 unspecified atom stereocenters. The van der Waals surface area contributed by atoms with Gasteiger partial charge in [-0.15, -0.1) is 0 Å². The van der Waals surface area contributed by atoms with Crippen LogP contribution in [0.5, 0.6) is 0 Å². The van der Waals surface area contributed by atoms with Gasteiger partial charge in [0.15, 0.2) is 0 Å². The molecule has 3 N–H and O–H groups in total. The van der Waals surface area contributed by atoms with Gasteiger partial charge >= 0.3 is 0 Å². The highest BCUT2D eigenvalue weighted by Crippen LogP contribution is 2.14. The molecule has 0 amide bonds. The summed E-state index contributed by atoms with van der Waals surface area (Å²) in [6.07, 6.45) is 0. The lowest BCUT2D eigenvalue weighted by Crippen LogP contribution is -3.00. The van der Waals surface area contributed by atoms with Crippen LogP contribution in [-0.2, 0) is 0 Å². The molecule has 94 valence electrons. The first-order chi connectivity index (χ1) is 8.15. The topological polar surface area (TPSA) is 52.3 Å². The zero-order chi connectivity index (χ0) is 12.3. The Labute approximate surface area is 113 Å². The third kappa shape index (κ3) is 3.57. The third-order valence-corrected chi connectivity index (χ3v) is 2.56. The average Bonchev–Trinajstić information content (AvgIpc) is 2.28. The summed E-state index contributed by atoms with van der Waals surface area (Å²) >= 11 is 0. The van der Waals surface area contributed by atoms with Crippen molar-refractivity contribution in [3.8, 4) is 0 Å². The van der Waals surface area contributed by atoms with Crippen molar-refractivity contribution in [1.29, 1.82) is 0 Å². The molecule has 0 radical (unpaired) electrons. The van der Waals surface area contributed by atoms with Crippen LogP contribution in [0.15, 0.2) is 47.6 Å². The van der Waals surface area contributed by atoms with Crippen molar-refractivity contribution in [2.24, 2.45) is 5.11 Å². The average molecular weight is 262 g/mol. The summed E-state index contributed by atoms with van der Waals surface area (Å²) in [5, 5.41) is 7.39. The molecule has 0 aliphatic carbocycles. The van der Waals surface area contributed by atoms with E-state index in [1.54, 1.807) is 0 Å². The number of rotatable bonds is 2. The van der Waals surface area contributed by atoms with Crippen LogP contribution in [0.1, 0.15) is 11.1 Å². The minimum atomic E-state index is 0. The van der Waals surface area contributed by atoms with Crippen LogP contribution in [-0.4, -0.2) is 0 Å². The summed E-state index contributed by atoms with van der Waals surface area (Å²) in [6, 6.07) is 13.8. The molecule has 0 fully saturated rings. The monoisotopic (exact) mass is 261 g/mol. The molecule has 3 nitrogen and oxygen atoms in total. The normalized spacial score (nSPS) is 10.3. The summed E-state index contributed by atoms with van der Waals surface area (Å²) in [6.45, 7) is 4.05. The SMILES string of the molecule is Cc1cccc(N=[NH+]c2ccc(N)cc2C)c1.[Cl-]. The predicted molar refractivity (Wildman–Crippen MR) is 69.5 cm³/mol. The van der Waals surface area contributed by atoms with Crippen LogP contribution in [0, 0.1) is 13.8 Å². The van der Waals surface area contributed by atoms with E-state index in [1.165, 1.54) is 5.56 Å². The number of aryl methyl sites for hydroxylation is 2. The van der Waals surface area contributed by atoms with Crippen LogP contribution in [0.4, 0.5) is 17.1 Å². The lowest BCUT2D eigenvalue weighted by atomic mass is 10.2. The summed E-state index contributed by atoms with van der Waals surface area (Å²) in [5.74, 6) is 0. The van der Waals surface area contributed by atoms with Crippen LogP contribution < -0.4 is 23.3 Å².